The molecule has 0 spiro atoms. The second-order valence-electron chi connectivity index (χ2n) is 6.39. The lowest BCUT2D eigenvalue weighted by Gasteiger charge is -2.27. The van der Waals surface area contributed by atoms with Crippen molar-refractivity contribution in [1.29, 1.82) is 0 Å². The van der Waals surface area contributed by atoms with Crippen molar-refractivity contribution in [3.8, 4) is 0 Å². The largest absolute Gasteiger partial charge is 0.380 e. The number of fused-ring (bicyclic) bond motifs is 1. The molecule has 0 aliphatic carbocycles. The maximum Gasteiger partial charge on any atom is 0.264 e. The quantitative estimate of drug-likeness (QED) is 0.787. The molecule has 27 heavy (non-hydrogen) atoms. The van der Waals surface area contributed by atoms with Crippen molar-refractivity contribution in [1.82, 2.24) is 15.2 Å². The van der Waals surface area contributed by atoms with Crippen LogP contribution in [0.1, 0.15) is 39.1 Å². The molecular weight excluding hydrogens is 348 g/mol. The number of nitrogens with one attached hydrogen (secondary N) is 2. The van der Waals surface area contributed by atoms with Gasteiger partial charge in [-0.25, -0.2) is 0 Å². The molecule has 2 aliphatic rings. The molecule has 1 saturated heterocycles. The predicted octanol–water partition coefficient (Wildman–Crippen LogP) is 1.09. The second kappa shape index (κ2) is 6.64. The van der Waals surface area contributed by atoms with Gasteiger partial charge in [0.15, 0.2) is 0 Å². The van der Waals surface area contributed by atoms with Crippen LogP contribution < -0.4 is 10.6 Å². The van der Waals surface area contributed by atoms with E-state index in [0.717, 1.165) is 10.5 Å². The smallest absolute Gasteiger partial charge is 0.264 e. The van der Waals surface area contributed by atoms with Crippen molar-refractivity contribution in [3.63, 3.8) is 0 Å². The summed E-state index contributed by atoms with van der Waals surface area (Å²) in [6.45, 7) is 0.435. The van der Waals surface area contributed by atoms with Crippen LogP contribution in [0.25, 0.3) is 0 Å². The lowest BCUT2D eigenvalue weighted by atomic mass is 10.0. The molecule has 4 amide bonds. The van der Waals surface area contributed by atoms with Crippen molar-refractivity contribution in [2.75, 3.05) is 5.32 Å². The minimum Gasteiger partial charge on any atom is -0.380 e. The van der Waals surface area contributed by atoms with Crippen LogP contribution >= 0.6 is 0 Å². The summed E-state index contributed by atoms with van der Waals surface area (Å²) in [6.07, 6.45) is 3.60. The lowest BCUT2D eigenvalue weighted by molar-refractivity contribution is -0.136. The second-order valence-corrected chi connectivity index (χ2v) is 6.39. The van der Waals surface area contributed by atoms with E-state index in [9.17, 15) is 19.2 Å². The van der Waals surface area contributed by atoms with Crippen LogP contribution in [0.2, 0.25) is 0 Å². The molecule has 4 rings (SSSR count). The minimum absolute atomic E-state index is 0.0932. The highest BCUT2D eigenvalue weighted by Crippen LogP contribution is 2.32. The Morgan fingerprint density at radius 1 is 1.11 bits per heavy atom. The Bertz CT molecular complexity index is 957. The van der Waals surface area contributed by atoms with Gasteiger partial charge in [-0.15, -0.1) is 0 Å². The van der Waals surface area contributed by atoms with Gasteiger partial charge in [0.05, 0.1) is 11.1 Å². The molecule has 8 nitrogen and oxygen atoms in total. The maximum absolute atomic E-state index is 13.0. The summed E-state index contributed by atoms with van der Waals surface area (Å²) in [4.78, 5) is 54.2. The average Bonchev–Trinajstić information content (AvgIpc) is 2.93. The highest BCUT2D eigenvalue weighted by molar-refractivity contribution is 6.25. The molecule has 2 aromatic rings. The molecule has 0 saturated carbocycles. The number of carbonyl (C=O) groups is 4. The van der Waals surface area contributed by atoms with Crippen molar-refractivity contribution < 1.29 is 19.2 Å². The molecule has 136 valence electrons. The molecule has 2 N–H and O–H groups in total. The van der Waals surface area contributed by atoms with Gasteiger partial charge in [-0.05, 0) is 30.2 Å². The number of amides is 4. The van der Waals surface area contributed by atoms with E-state index in [2.05, 4.69) is 15.6 Å². The maximum atomic E-state index is 13.0. The van der Waals surface area contributed by atoms with Crippen molar-refractivity contribution in [2.24, 2.45) is 0 Å². The van der Waals surface area contributed by atoms with Crippen LogP contribution in [0.5, 0.6) is 0 Å². The van der Waals surface area contributed by atoms with E-state index in [0.29, 0.717) is 12.2 Å². The van der Waals surface area contributed by atoms with Gasteiger partial charge in [0.2, 0.25) is 11.8 Å². The fraction of sp³-hybridized carbons (Fsp3) is 0.211. The molecule has 1 atom stereocenters. The minimum atomic E-state index is -0.971. The number of rotatable bonds is 4. The fourth-order valence-corrected chi connectivity index (χ4v) is 3.36. The van der Waals surface area contributed by atoms with Crippen molar-refractivity contribution in [2.45, 2.75) is 25.4 Å². The Balaban J connectivity index is 1.61. The Morgan fingerprint density at radius 3 is 2.70 bits per heavy atom. The number of piperidine rings is 1. The number of pyridine rings is 1. The summed E-state index contributed by atoms with van der Waals surface area (Å²) in [5.74, 6) is -2.06. The summed E-state index contributed by atoms with van der Waals surface area (Å²) in [5, 5.41) is 5.35. The molecule has 1 aromatic carbocycles. The van der Waals surface area contributed by atoms with Crippen LogP contribution in [-0.4, -0.2) is 39.6 Å². The third-order valence-corrected chi connectivity index (χ3v) is 4.67. The zero-order valence-electron chi connectivity index (χ0n) is 14.3. The lowest BCUT2D eigenvalue weighted by Crippen LogP contribution is -2.54. The first-order valence-corrected chi connectivity index (χ1v) is 8.53. The summed E-state index contributed by atoms with van der Waals surface area (Å²) >= 11 is 0. The van der Waals surface area contributed by atoms with E-state index in [1.807, 2.05) is 12.1 Å². The van der Waals surface area contributed by atoms with Gasteiger partial charge < -0.3 is 5.32 Å². The van der Waals surface area contributed by atoms with Crippen LogP contribution in [0.4, 0.5) is 5.69 Å². The van der Waals surface area contributed by atoms with Crippen LogP contribution in [-0.2, 0) is 16.1 Å². The van der Waals surface area contributed by atoms with E-state index < -0.39 is 29.7 Å². The van der Waals surface area contributed by atoms with E-state index in [-0.39, 0.29) is 24.0 Å². The van der Waals surface area contributed by atoms with Gasteiger partial charge in [-0.2, -0.15) is 0 Å². The Labute approximate surface area is 154 Å². The zero-order valence-corrected chi connectivity index (χ0v) is 14.3. The zero-order chi connectivity index (χ0) is 19.0. The summed E-state index contributed by atoms with van der Waals surface area (Å²) in [7, 11) is 0. The predicted molar refractivity (Wildman–Crippen MR) is 94.7 cm³/mol. The molecule has 1 unspecified atom stereocenters. The highest BCUT2D eigenvalue weighted by atomic mass is 16.2. The standard InChI is InChI=1S/C19H16N4O4/c24-15-7-6-14(17(25)22-15)23-18(26)12-4-1-5-13(16(12)19(23)27)21-10-11-3-2-8-20-9-11/h1-5,8-9,14,21H,6-7,10H2,(H,22,24,25). The van der Waals surface area contributed by atoms with Crippen molar-refractivity contribution in [3.05, 3.63) is 59.4 Å². The number of imide groups is 2. The summed E-state index contributed by atoms with van der Waals surface area (Å²) in [6, 6.07) is 7.70. The molecule has 8 heteroatoms. The molecule has 3 heterocycles. The Morgan fingerprint density at radius 2 is 1.96 bits per heavy atom. The number of aromatic nitrogens is 1. The Hall–Kier alpha value is -3.55. The first kappa shape index (κ1) is 16.9. The van der Waals surface area contributed by atoms with E-state index >= 15 is 0 Å². The number of benzene rings is 1. The third-order valence-electron chi connectivity index (χ3n) is 4.67. The summed E-state index contributed by atoms with van der Waals surface area (Å²) in [5.41, 5.74) is 1.94. The van der Waals surface area contributed by atoms with Crippen LogP contribution in [0.3, 0.4) is 0 Å². The number of hydrogen-bond donors (Lipinski definition) is 2. The monoisotopic (exact) mass is 364 g/mol. The number of carbonyl (C=O) groups excluding carboxylic acids is 4. The number of anilines is 1. The highest BCUT2D eigenvalue weighted by Gasteiger charge is 2.45. The molecular formula is C19H16N4O4. The average molecular weight is 364 g/mol. The van der Waals surface area contributed by atoms with Crippen LogP contribution in [0.15, 0.2) is 42.7 Å². The van der Waals surface area contributed by atoms with Gasteiger partial charge in [0, 0.05) is 31.0 Å². The number of hydrogen-bond acceptors (Lipinski definition) is 6. The normalized spacial score (nSPS) is 19.1. The van der Waals surface area contributed by atoms with Crippen molar-refractivity contribution >= 4 is 29.3 Å². The van der Waals surface area contributed by atoms with Gasteiger partial charge in [0.1, 0.15) is 6.04 Å². The van der Waals surface area contributed by atoms with E-state index in [4.69, 9.17) is 0 Å². The van der Waals surface area contributed by atoms with Gasteiger partial charge in [-0.1, -0.05) is 12.1 Å². The topological polar surface area (TPSA) is 108 Å². The van der Waals surface area contributed by atoms with Gasteiger partial charge in [-0.3, -0.25) is 34.4 Å². The SMILES string of the molecule is O=C1CCC(N2C(=O)c3cccc(NCc4cccnc4)c3C2=O)C(=O)N1. The molecule has 0 bridgehead atoms. The van der Waals surface area contributed by atoms with Gasteiger partial charge in [0.25, 0.3) is 11.8 Å². The molecule has 1 aromatic heterocycles. The van der Waals surface area contributed by atoms with Gasteiger partial charge >= 0.3 is 0 Å². The first-order chi connectivity index (χ1) is 13.1. The molecule has 1 fully saturated rings. The molecule has 0 radical (unpaired) electrons. The van der Waals surface area contributed by atoms with E-state index in [1.54, 1.807) is 30.6 Å². The fourth-order valence-electron chi connectivity index (χ4n) is 3.36. The summed E-state index contributed by atoms with van der Waals surface area (Å²) < 4.78 is 0. The van der Waals surface area contributed by atoms with Crippen LogP contribution in [0, 0.1) is 0 Å². The molecule has 2 aliphatic heterocycles. The third kappa shape index (κ3) is 2.95. The number of nitrogens with zero attached hydrogens (tertiary/aromatic N) is 2. The Kier molecular flexibility index (Phi) is 4.15. The van der Waals surface area contributed by atoms with E-state index in [1.165, 1.54) is 0 Å². The first-order valence-electron chi connectivity index (χ1n) is 8.53.